The van der Waals surface area contributed by atoms with E-state index in [1.165, 1.54) is 5.56 Å². The van der Waals surface area contributed by atoms with E-state index in [0.717, 1.165) is 30.9 Å². The first kappa shape index (κ1) is 12.2. The van der Waals surface area contributed by atoms with Crippen LogP contribution in [0.15, 0.2) is 18.2 Å². The molecule has 1 aromatic rings. The van der Waals surface area contributed by atoms with Crippen LogP contribution in [0.5, 0.6) is 11.5 Å². The van der Waals surface area contributed by atoms with Crippen molar-refractivity contribution in [2.24, 2.45) is 0 Å². The molecule has 1 heterocycles. The summed E-state index contributed by atoms with van der Waals surface area (Å²) < 4.78 is 11.3. The highest BCUT2D eigenvalue weighted by molar-refractivity contribution is 5.47. The van der Waals surface area contributed by atoms with Crippen molar-refractivity contribution < 1.29 is 9.47 Å². The number of benzene rings is 1. The van der Waals surface area contributed by atoms with Crippen molar-refractivity contribution >= 4 is 0 Å². The molecule has 0 unspecified atom stereocenters. The molecule has 1 N–H and O–H groups in total. The molecule has 0 fully saturated rings. The number of ether oxygens (including phenoxy) is 2. The number of nitrogens with one attached hydrogen (secondary N) is 1. The Kier molecular flexibility index (Phi) is 4.26. The highest BCUT2D eigenvalue weighted by Crippen LogP contribution is 2.33. The lowest BCUT2D eigenvalue weighted by molar-refractivity contribution is 0.169. The van der Waals surface area contributed by atoms with E-state index < -0.39 is 0 Å². The molecule has 0 amide bonds. The Bertz CT molecular complexity index is 361. The van der Waals surface area contributed by atoms with Crippen molar-refractivity contribution in [3.05, 3.63) is 23.8 Å². The van der Waals surface area contributed by atoms with Crippen molar-refractivity contribution in [2.45, 2.75) is 39.3 Å². The third kappa shape index (κ3) is 2.91. The molecule has 0 saturated carbocycles. The van der Waals surface area contributed by atoms with Gasteiger partial charge in [-0.1, -0.05) is 26.0 Å². The van der Waals surface area contributed by atoms with Crippen LogP contribution in [0.3, 0.4) is 0 Å². The molecule has 0 saturated heterocycles. The van der Waals surface area contributed by atoms with Crippen LogP contribution in [-0.2, 0) is 6.54 Å². The van der Waals surface area contributed by atoms with Gasteiger partial charge in [-0.3, -0.25) is 0 Å². The van der Waals surface area contributed by atoms with Crippen molar-refractivity contribution in [1.29, 1.82) is 0 Å². The molecule has 2 rings (SSSR count). The lowest BCUT2D eigenvalue weighted by Gasteiger charge is -2.22. The predicted molar refractivity (Wildman–Crippen MR) is 68.6 cm³/mol. The summed E-state index contributed by atoms with van der Waals surface area (Å²) in [5.74, 6) is 1.79. The van der Waals surface area contributed by atoms with Crippen LogP contribution < -0.4 is 14.8 Å². The summed E-state index contributed by atoms with van der Waals surface area (Å²) in [6.45, 7) is 6.56. The molecule has 0 radical (unpaired) electrons. The van der Waals surface area contributed by atoms with E-state index in [2.05, 4.69) is 25.2 Å². The van der Waals surface area contributed by atoms with Gasteiger partial charge < -0.3 is 14.8 Å². The molecule has 3 heteroatoms. The molecule has 0 bridgehead atoms. The number of hydrogen-bond acceptors (Lipinski definition) is 3. The van der Waals surface area contributed by atoms with E-state index in [1.807, 2.05) is 12.1 Å². The lowest BCUT2D eigenvalue weighted by Crippen LogP contribution is -2.27. The molecular formula is C14H21NO2. The summed E-state index contributed by atoms with van der Waals surface area (Å²) in [5.41, 5.74) is 1.19. The van der Waals surface area contributed by atoms with E-state index >= 15 is 0 Å². The van der Waals surface area contributed by atoms with Crippen LogP contribution in [0.4, 0.5) is 0 Å². The lowest BCUT2D eigenvalue weighted by atomic mass is 10.1. The Morgan fingerprint density at radius 3 is 2.71 bits per heavy atom. The fraction of sp³-hybridized carbons (Fsp3) is 0.571. The third-order valence-corrected chi connectivity index (χ3v) is 3.21. The summed E-state index contributed by atoms with van der Waals surface area (Å²) in [4.78, 5) is 0. The Morgan fingerprint density at radius 1 is 1.18 bits per heavy atom. The van der Waals surface area contributed by atoms with Crippen molar-refractivity contribution in [3.8, 4) is 11.5 Å². The van der Waals surface area contributed by atoms with Gasteiger partial charge in [-0.25, -0.2) is 0 Å². The quantitative estimate of drug-likeness (QED) is 0.851. The first-order chi connectivity index (χ1) is 8.35. The fourth-order valence-corrected chi connectivity index (χ4v) is 2.10. The van der Waals surface area contributed by atoms with Gasteiger partial charge in [-0.15, -0.1) is 0 Å². The Balaban J connectivity index is 2.05. The van der Waals surface area contributed by atoms with Crippen LogP contribution in [-0.4, -0.2) is 19.3 Å². The zero-order valence-electron chi connectivity index (χ0n) is 10.7. The normalized spacial score (nSPS) is 14.1. The summed E-state index contributed by atoms with van der Waals surface area (Å²) in [7, 11) is 0. The molecule has 17 heavy (non-hydrogen) atoms. The van der Waals surface area contributed by atoms with E-state index in [1.54, 1.807) is 0 Å². The van der Waals surface area contributed by atoms with Gasteiger partial charge in [-0.2, -0.15) is 0 Å². The Morgan fingerprint density at radius 2 is 1.94 bits per heavy atom. The minimum atomic E-state index is 0.579. The third-order valence-electron chi connectivity index (χ3n) is 3.21. The molecule has 0 atom stereocenters. The van der Waals surface area contributed by atoms with Gasteiger partial charge in [0.1, 0.15) is 13.2 Å². The number of hydrogen-bond donors (Lipinski definition) is 1. The van der Waals surface area contributed by atoms with Crippen LogP contribution >= 0.6 is 0 Å². The largest absolute Gasteiger partial charge is 0.486 e. The van der Waals surface area contributed by atoms with Crippen molar-refractivity contribution in [2.75, 3.05) is 13.2 Å². The number of rotatable bonds is 5. The van der Waals surface area contributed by atoms with Gasteiger partial charge in [0.2, 0.25) is 0 Å². The zero-order valence-corrected chi connectivity index (χ0v) is 10.7. The summed E-state index contributed by atoms with van der Waals surface area (Å²) in [6, 6.07) is 6.67. The summed E-state index contributed by atoms with van der Waals surface area (Å²) in [5, 5.41) is 3.55. The number of fused-ring (bicyclic) bond motifs is 1. The number of para-hydroxylation sites is 1. The van der Waals surface area contributed by atoms with Crippen molar-refractivity contribution in [3.63, 3.8) is 0 Å². The molecule has 1 aliphatic rings. The first-order valence-electron chi connectivity index (χ1n) is 6.46. The molecular weight excluding hydrogens is 214 g/mol. The summed E-state index contributed by atoms with van der Waals surface area (Å²) >= 11 is 0. The topological polar surface area (TPSA) is 30.5 Å². The maximum Gasteiger partial charge on any atom is 0.165 e. The average Bonchev–Trinajstić information content (AvgIpc) is 2.40. The van der Waals surface area contributed by atoms with E-state index in [9.17, 15) is 0 Å². The Hall–Kier alpha value is -1.22. The van der Waals surface area contributed by atoms with E-state index in [-0.39, 0.29) is 0 Å². The fourth-order valence-electron chi connectivity index (χ4n) is 2.10. The first-order valence-corrected chi connectivity index (χ1v) is 6.46. The van der Waals surface area contributed by atoms with Crippen LogP contribution in [0.1, 0.15) is 32.3 Å². The second-order valence-electron chi connectivity index (χ2n) is 4.34. The standard InChI is InChI=1S/C14H21NO2/c1-3-12(4-2)15-10-11-6-5-7-13-14(11)17-9-8-16-13/h5-7,12,15H,3-4,8-10H2,1-2H3. The molecule has 94 valence electrons. The van der Waals surface area contributed by atoms with Crippen LogP contribution in [0.25, 0.3) is 0 Å². The van der Waals surface area contributed by atoms with Gasteiger partial charge in [-0.05, 0) is 18.9 Å². The van der Waals surface area contributed by atoms with Gasteiger partial charge in [0.15, 0.2) is 11.5 Å². The molecule has 3 nitrogen and oxygen atoms in total. The molecule has 0 aliphatic carbocycles. The molecule has 1 aliphatic heterocycles. The maximum atomic E-state index is 5.69. The van der Waals surface area contributed by atoms with Crippen LogP contribution in [0, 0.1) is 0 Å². The smallest absolute Gasteiger partial charge is 0.165 e. The van der Waals surface area contributed by atoms with E-state index in [4.69, 9.17) is 9.47 Å². The maximum absolute atomic E-state index is 5.69. The second kappa shape index (κ2) is 5.92. The summed E-state index contributed by atoms with van der Waals surface area (Å²) in [6.07, 6.45) is 2.31. The van der Waals surface area contributed by atoms with Gasteiger partial charge >= 0.3 is 0 Å². The highest BCUT2D eigenvalue weighted by atomic mass is 16.6. The second-order valence-corrected chi connectivity index (χ2v) is 4.34. The molecule has 0 aromatic heterocycles. The van der Waals surface area contributed by atoms with Crippen LogP contribution in [0.2, 0.25) is 0 Å². The minimum absolute atomic E-state index is 0.579. The zero-order chi connectivity index (χ0) is 12.1. The predicted octanol–water partition coefficient (Wildman–Crippen LogP) is 2.74. The highest BCUT2D eigenvalue weighted by Gasteiger charge is 2.15. The van der Waals surface area contributed by atoms with Gasteiger partial charge in [0, 0.05) is 18.2 Å². The molecule has 1 aromatic carbocycles. The minimum Gasteiger partial charge on any atom is -0.486 e. The van der Waals surface area contributed by atoms with E-state index in [0.29, 0.717) is 19.3 Å². The average molecular weight is 235 g/mol. The molecule has 0 spiro atoms. The van der Waals surface area contributed by atoms with Crippen molar-refractivity contribution in [1.82, 2.24) is 5.32 Å². The SMILES string of the molecule is CCC(CC)NCc1cccc2c1OCCO2. The Labute approximate surface area is 103 Å². The van der Waals surface area contributed by atoms with Gasteiger partial charge in [0.25, 0.3) is 0 Å². The van der Waals surface area contributed by atoms with Gasteiger partial charge in [0.05, 0.1) is 0 Å². The monoisotopic (exact) mass is 235 g/mol.